The van der Waals surface area contributed by atoms with Crippen molar-refractivity contribution in [3.8, 4) is 0 Å². The van der Waals surface area contributed by atoms with Gasteiger partial charge < -0.3 is 28.7 Å². The van der Waals surface area contributed by atoms with Crippen LogP contribution in [0.1, 0.15) is 47.5 Å². The van der Waals surface area contributed by atoms with Gasteiger partial charge in [0.15, 0.2) is 0 Å². The van der Waals surface area contributed by atoms with E-state index in [0.717, 1.165) is 0 Å². The fourth-order valence-electron chi connectivity index (χ4n) is 2.51. The Hall–Kier alpha value is -0.760. The van der Waals surface area contributed by atoms with Gasteiger partial charge in [-0.2, -0.15) is 0 Å². The molecule has 12 heteroatoms. The SMILES string of the molecule is CCOP(=O)(CCCNC(=O)C(C)C(=O)NCCCP(=O)(OCC)OCC)OCC. The van der Waals surface area contributed by atoms with Crippen LogP contribution in [0.3, 0.4) is 0 Å². The van der Waals surface area contributed by atoms with Crippen LogP contribution in [0.2, 0.25) is 0 Å². The molecule has 0 radical (unpaired) electrons. The molecule has 0 fully saturated rings. The van der Waals surface area contributed by atoms with Gasteiger partial charge >= 0.3 is 15.2 Å². The summed E-state index contributed by atoms with van der Waals surface area (Å²) in [4.78, 5) is 24.3. The third-order valence-corrected chi connectivity index (χ3v) is 8.24. The second-order valence-electron chi connectivity index (χ2n) is 6.35. The van der Waals surface area contributed by atoms with Crippen LogP contribution in [0, 0.1) is 5.92 Å². The maximum Gasteiger partial charge on any atom is 0.330 e. The Morgan fingerprint density at radius 2 is 1.00 bits per heavy atom. The van der Waals surface area contributed by atoms with Gasteiger partial charge in [-0.25, -0.2) is 0 Å². The smallest absolute Gasteiger partial charge is 0.330 e. The van der Waals surface area contributed by atoms with Gasteiger partial charge in [0.2, 0.25) is 11.8 Å². The van der Waals surface area contributed by atoms with E-state index in [9.17, 15) is 18.7 Å². The van der Waals surface area contributed by atoms with Crippen molar-refractivity contribution in [2.24, 2.45) is 5.92 Å². The highest BCUT2D eigenvalue weighted by Gasteiger charge is 2.25. The molecule has 0 heterocycles. The number of hydrogen-bond acceptors (Lipinski definition) is 8. The molecule has 0 saturated carbocycles. The van der Waals surface area contributed by atoms with Crippen LogP contribution in [-0.2, 0) is 36.8 Å². The monoisotopic (exact) mass is 472 g/mol. The number of rotatable bonds is 18. The number of carbonyl (C=O) groups is 2. The van der Waals surface area contributed by atoms with E-state index in [1.807, 2.05) is 0 Å². The van der Waals surface area contributed by atoms with E-state index in [1.165, 1.54) is 6.92 Å². The minimum atomic E-state index is -3.14. The third kappa shape index (κ3) is 12.2. The lowest BCUT2D eigenvalue weighted by Gasteiger charge is -2.18. The van der Waals surface area contributed by atoms with Gasteiger partial charge in [-0.3, -0.25) is 18.7 Å². The van der Waals surface area contributed by atoms with Gasteiger partial charge in [-0.15, -0.1) is 0 Å². The van der Waals surface area contributed by atoms with Gasteiger partial charge in [0.1, 0.15) is 5.92 Å². The number of carbonyl (C=O) groups excluding carboxylic acids is 2. The Morgan fingerprint density at radius 3 is 1.27 bits per heavy atom. The Morgan fingerprint density at radius 1 is 0.700 bits per heavy atom. The largest absolute Gasteiger partial charge is 0.355 e. The van der Waals surface area contributed by atoms with Gasteiger partial charge in [-0.05, 0) is 47.5 Å². The summed E-state index contributed by atoms with van der Waals surface area (Å²) in [7, 11) is -6.28. The Balaban J connectivity index is 4.24. The predicted octanol–water partition coefficient (Wildman–Crippen LogP) is 3.17. The van der Waals surface area contributed by atoms with E-state index in [1.54, 1.807) is 27.7 Å². The van der Waals surface area contributed by atoms with E-state index in [4.69, 9.17) is 18.1 Å². The summed E-state index contributed by atoms with van der Waals surface area (Å²) in [5, 5.41) is 5.30. The Bertz CT molecular complexity index is 533. The van der Waals surface area contributed by atoms with Crippen molar-refractivity contribution in [2.45, 2.75) is 47.5 Å². The molecule has 0 aliphatic carbocycles. The molecule has 2 amide bonds. The molecule has 0 aromatic rings. The highest BCUT2D eigenvalue weighted by molar-refractivity contribution is 7.54. The highest BCUT2D eigenvalue weighted by atomic mass is 31.2. The third-order valence-electron chi connectivity index (χ3n) is 3.91. The second-order valence-corrected chi connectivity index (χ2v) is 10.7. The predicted molar refractivity (Wildman–Crippen MR) is 116 cm³/mol. The van der Waals surface area contributed by atoms with Crippen LogP contribution < -0.4 is 10.6 Å². The summed E-state index contributed by atoms with van der Waals surface area (Å²) in [5.41, 5.74) is 0. The lowest BCUT2D eigenvalue weighted by molar-refractivity contribution is -0.134. The summed E-state index contributed by atoms with van der Waals surface area (Å²) in [6, 6.07) is 0. The molecule has 10 nitrogen and oxygen atoms in total. The lowest BCUT2D eigenvalue weighted by Crippen LogP contribution is -2.40. The first-order chi connectivity index (χ1) is 14.2. The Labute approximate surface area is 180 Å². The summed E-state index contributed by atoms with van der Waals surface area (Å²) in [6.07, 6.45) is 1.19. The van der Waals surface area contributed by atoms with Crippen molar-refractivity contribution in [3.05, 3.63) is 0 Å². The number of nitrogens with one attached hydrogen (secondary N) is 2. The first-order valence-electron chi connectivity index (χ1n) is 10.5. The number of hydrogen-bond donors (Lipinski definition) is 2. The van der Waals surface area contributed by atoms with E-state index >= 15 is 0 Å². The van der Waals surface area contributed by atoms with Gasteiger partial charge in [-0.1, -0.05) is 0 Å². The second kappa shape index (κ2) is 16.0. The van der Waals surface area contributed by atoms with Crippen molar-refractivity contribution in [2.75, 3.05) is 51.8 Å². The van der Waals surface area contributed by atoms with E-state index < -0.39 is 32.9 Å². The molecule has 0 spiro atoms. The highest BCUT2D eigenvalue weighted by Crippen LogP contribution is 2.49. The summed E-state index contributed by atoms with van der Waals surface area (Å²) in [6.45, 7) is 10.1. The molecule has 0 atom stereocenters. The van der Waals surface area contributed by atoms with Crippen molar-refractivity contribution in [3.63, 3.8) is 0 Å². The van der Waals surface area contributed by atoms with E-state index in [0.29, 0.717) is 12.8 Å². The van der Waals surface area contributed by atoms with Gasteiger partial charge in [0.05, 0.1) is 38.8 Å². The maximum atomic E-state index is 12.3. The van der Waals surface area contributed by atoms with Crippen LogP contribution >= 0.6 is 15.2 Å². The van der Waals surface area contributed by atoms with Gasteiger partial charge in [0, 0.05) is 13.1 Å². The molecule has 178 valence electrons. The zero-order valence-corrected chi connectivity index (χ0v) is 20.6. The molecular weight excluding hydrogens is 434 g/mol. The zero-order chi connectivity index (χ0) is 23.0. The quantitative estimate of drug-likeness (QED) is 0.177. The van der Waals surface area contributed by atoms with Crippen molar-refractivity contribution < 1.29 is 36.8 Å². The van der Waals surface area contributed by atoms with Crippen LogP contribution in [0.4, 0.5) is 0 Å². The molecule has 0 aliphatic rings. The lowest BCUT2D eigenvalue weighted by atomic mass is 10.1. The van der Waals surface area contributed by atoms with Crippen molar-refractivity contribution in [1.82, 2.24) is 10.6 Å². The zero-order valence-electron chi connectivity index (χ0n) is 18.8. The topological polar surface area (TPSA) is 129 Å². The molecule has 0 bridgehead atoms. The standard InChI is InChI=1S/C18H38N2O8P2/c1-6-25-29(23,26-7-2)14-10-12-19-17(21)16(5)18(22)20-13-11-15-30(24,27-8-3)28-9-4/h16H,6-15H2,1-5H3,(H,19,21)(H,20,22). The molecular formula is C18H38N2O8P2. The van der Waals surface area contributed by atoms with Crippen molar-refractivity contribution in [1.29, 1.82) is 0 Å². The fourth-order valence-corrected chi connectivity index (χ4v) is 5.84. The average molecular weight is 472 g/mol. The summed E-state index contributed by atoms with van der Waals surface area (Å²) >= 11 is 0. The molecule has 2 N–H and O–H groups in total. The van der Waals surface area contributed by atoms with Gasteiger partial charge in [0.25, 0.3) is 0 Å². The first-order valence-corrected chi connectivity index (χ1v) is 13.9. The molecule has 0 aliphatic heterocycles. The van der Waals surface area contributed by atoms with Crippen LogP contribution in [-0.4, -0.2) is 63.7 Å². The molecule has 0 aromatic carbocycles. The minimum absolute atomic E-state index is 0.190. The fraction of sp³-hybridized carbons (Fsp3) is 0.889. The first kappa shape index (κ1) is 29.2. The molecule has 0 aromatic heterocycles. The molecule has 0 rings (SSSR count). The van der Waals surface area contributed by atoms with E-state index in [2.05, 4.69) is 10.6 Å². The van der Waals surface area contributed by atoms with Crippen LogP contribution in [0.15, 0.2) is 0 Å². The minimum Gasteiger partial charge on any atom is -0.355 e. The van der Waals surface area contributed by atoms with Crippen LogP contribution in [0.25, 0.3) is 0 Å². The van der Waals surface area contributed by atoms with Crippen molar-refractivity contribution >= 4 is 27.0 Å². The Kier molecular flexibility index (Phi) is 15.6. The van der Waals surface area contributed by atoms with E-state index in [-0.39, 0.29) is 51.8 Å². The average Bonchev–Trinajstić information content (AvgIpc) is 2.68. The summed E-state index contributed by atoms with van der Waals surface area (Å²) < 4.78 is 45.4. The summed E-state index contributed by atoms with van der Waals surface area (Å²) in [5.74, 6) is -1.74. The maximum absolute atomic E-state index is 12.3. The molecule has 0 saturated heterocycles. The molecule has 0 unspecified atom stereocenters. The van der Waals surface area contributed by atoms with Crippen LogP contribution in [0.5, 0.6) is 0 Å². The normalized spacial score (nSPS) is 12.2. The number of amides is 2. The molecule has 30 heavy (non-hydrogen) atoms.